The van der Waals surface area contributed by atoms with Crippen molar-refractivity contribution < 1.29 is 13.9 Å². The van der Waals surface area contributed by atoms with Crippen molar-refractivity contribution in [2.24, 2.45) is 0 Å². The summed E-state index contributed by atoms with van der Waals surface area (Å²) in [5.74, 6) is 1.58. The summed E-state index contributed by atoms with van der Waals surface area (Å²) in [6.45, 7) is 7.81. The second-order valence-electron chi connectivity index (χ2n) is 8.17. The van der Waals surface area contributed by atoms with Crippen LogP contribution >= 0.6 is 11.8 Å². The molecule has 0 aromatic heterocycles. The van der Waals surface area contributed by atoms with Crippen LogP contribution in [0.4, 0.5) is 14.9 Å². The summed E-state index contributed by atoms with van der Waals surface area (Å²) in [5, 5.41) is 2.72. The number of nitrogens with zero attached hydrogens (tertiary/aromatic N) is 3. The van der Waals surface area contributed by atoms with Crippen LogP contribution in [0.15, 0.2) is 42.5 Å². The minimum atomic E-state index is -0.192. The van der Waals surface area contributed by atoms with E-state index in [1.54, 1.807) is 30.9 Å². The number of thioether (sulfide) groups is 1. The van der Waals surface area contributed by atoms with Gasteiger partial charge in [0.15, 0.2) is 0 Å². The van der Waals surface area contributed by atoms with Crippen LogP contribution < -0.4 is 15.0 Å². The molecule has 4 rings (SSSR count). The summed E-state index contributed by atoms with van der Waals surface area (Å²) in [5.41, 5.74) is 3.16. The van der Waals surface area contributed by atoms with Crippen molar-refractivity contribution in [2.75, 3.05) is 63.6 Å². The van der Waals surface area contributed by atoms with Gasteiger partial charge < -0.3 is 19.9 Å². The maximum Gasteiger partial charge on any atom is 0.318 e. The molecule has 2 aliphatic heterocycles. The SMILES string of the molecule is CNC(=O)N1CCSC1c1cc(C)ccc1OCCN1CCN(c2cccc(F)c2)CC1. The van der Waals surface area contributed by atoms with Crippen LogP contribution in [0.2, 0.25) is 0 Å². The number of aryl methyl sites for hydroxylation is 1. The first-order valence-corrected chi connectivity index (χ1v) is 12.2. The van der Waals surface area contributed by atoms with Crippen molar-refractivity contribution in [2.45, 2.75) is 12.3 Å². The first kappa shape index (κ1) is 22.7. The molecule has 8 heteroatoms. The van der Waals surface area contributed by atoms with Gasteiger partial charge in [0.2, 0.25) is 0 Å². The Labute approximate surface area is 193 Å². The number of hydrogen-bond donors (Lipinski definition) is 1. The molecule has 2 saturated heterocycles. The Morgan fingerprint density at radius 3 is 2.72 bits per heavy atom. The molecule has 1 unspecified atom stereocenters. The van der Waals surface area contributed by atoms with Gasteiger partial charge in [-0.25, -0.2) is 9.18 Å². The first-order chi connectivity index (χ1) is 15.5. The van der Waals surface area contributed by atoms with Crippen molar-refractivity contribution >= 4 is 23.5 Å². The maximum atomic E-state index is 13.5. The zero-order chi connectivity index (χ0) is 22.5. The first-order valence-electron chi connectivity index (χ1n) is 11.1. The highest BCUT2D eigenvalue weighted by molar-refractivity contribution is 7.99. The van der Waals surface area contributed by atoms with Crippen LogP contribution in [0.5, 0.6) is 5.75 Å². The number of rotatable bonds is 6. The number of halogens is 1. The van der Waals surface area contributed by atoms with Crippen LogP contribution in [0, 0.1) is 12.7 Å². The largest absolute Gasteiger partial charge is 0.492 e. The second kappa shape index (κ2) is 10.4. The monoisotopic (exact) mass is 458 g/mol. The Morgan fingerprint density at radius 2 is 1.97 bits per heavy atom. The average Bonchev–Trinajstić information content (AvgIpc) is 3.30. The van der Waals surface area contributed by atoms with Gasteiger partial charge in [0.1, 0.15) is 23.5 Å². The van der Waals surface area contributed by atoms with E-state index in [0.717, 1.165) is 67.6 Å². The zero-order valence-corrected chi connectivity index (χ0v) is 19.5. The molecule has 2 aliphatic rings. The molecule has 0 aliphatic carbocycles. The minimum absolute atomic E-state index is 0.0281. The average molecular weight is 459 g/mol. The number of carbonyl (C=O) groups is 1. The third-order valence-corrected chi connectivity index (χ3v) is 7.25. The fourth-order valence-corrected chi connectivity index (χ4v) is 5.53. The summed E-state index contributed by atoms with van der Waals surface area (Å²) in [6, 6.07) is 13.0. The molecule has 6 nitrogen and oxygen atoms in total. The predicted octanol–water partition coefficient (Wildman–Crippen LogP) is 3.72. The Hall–Kier alpha value is -2.45. The summed E-state index contributed by atoms with van der Waals surface area (Å²) in [6.07, 6.45) is 0. The van der Waals surface area contributed by atoms with E-state index in [1.807, 2.05) is 17.0 Å². The number of amides is 2. The third-order valence-electron chi connectivity index (χ3n) is 6.01. The quantitative estimate of drug-likeness (QED) is 0.715. The summed E-state index contributed by atoms with van der Waals surface area (Å²) < 4.78 is 19.7. The normalized spacial score (nSPS) is 19.3. The number of nitrogens with one attached hydrogen (secondary N) is 1. The second-order valence-corrected chi connectivity index (χ2v) is 9.36. The van der Waals surface area contributed by atoms with Crippen molar-refractivity contribution in [1.29, 1.82) is 0 Å². The molecule has 0 spiro atoms. The van der Waals surface area contributed by atoms with Crippen LogP contribution in [-0.4, -0.2) is 74.5 Å². The van der Waals surface area contributed by atoms with Gasteiger partial charge in [-0.3, -0.25) is 4.90 Å². The van der Waals surface area contributed by atoms with Gasteiger partial charge >= 0.3 is 6.03 Å². The van der Waals surface area contributed by atoms with Gasteiger partial charge in [-0.2, -0.15) is 0 Å². The van der Waals surface area contributed by atoms with E-state index in [0.29, 0.717) is 6.61 Å². The van der Waals surface area contributed by atoms with Crippen molar-refractivity contribution in [3.8, 4) is 5.75 Å². The molecule has 172 valence electrons. The summed E-state index contributed by atoms with van der Waals surface area (Å²) in [7, 11) is 1.67. The van der Waals surface area contributed by atoms with Crippen molar-refractivity contribution in [3.63, 3.8) is 0 Å². The van der Waals surface area contributed by atoms with E-state index in [2.05, 4.69) is 34.2 Å². The van der Waals surface area contributed by atoms with Gasteiger partial charge in [0, 0.05) is 63.3 Å². The lowest BCUT2D eigenvalue weighted by atomic mass is 10.1. The summed E-state index contributed by atoms with van der Waals surface area (Å²) in [4.78, 5) is 18.8. The highest BCUT2D eigenvalue weighted by Crippen LogP contribution is 2.42. The Morgan fingerprint density at radius 1 is 1.16 bits per heavy atom. The number of hydrogen-bond acceptors (Lipinski definition) is 5. The minimum Gasteiger partial charge on any atom is -0.492 e. The lowest BCUT2D eigenvalue weighted by Crippen LogP contribution is -2.47. The van der Waals surface area contributed by atoms with Gasteiger partial charge in [0.25, 0.3) is 0 Å². The van der Waals surface area contributed by atoms with E-state index in [-0.39, 0.29) is 17.2 Å². The maximum absolute atomic E-state index is 13.5. The molecule has 1 N–H and O–H groups in total. The van der Waals surface area contributed by atoms with Crippen molar-refractivity contribution in [1.82, 2.24) is 15.1 Å². The Balaban J connectivity index is 1.32. The van der Waals surface area contributed by atoms with E-state index in [4.69, 9.17) is 4.74 Å². The van der Waals surface area contributed by atoms with Crippen LogP contribution in [0.1, 0.15) is 16.5 Å². The van der Waals surface area contributed by atoms with Crippen LogP contribution in [-0.2, 0) is 0 Å². The molecule has 2 aromatic rings. The Kier molecular flexibility index (Phi) is 7.42. The topological polar surface area (TPSA) is 48.1 Å². The highest BCUT2D eigenvalue weighted by atomic mass is 32.2. The number of carbonyl (C=O) groups excluding carboxylic acids is 1. The van der Waals surface area contributed by atoms with Gasteiger partial charge in [0.05, 0.1) is 0 Å². The molecule has 2 aromatic carbocycles. The highest BCUT2D eigenvalue weighted by Gasteiger charge is 2.32. The molecule has 1 atom stereocenters. The standard InChI is InChI=1S/C24H31FN4O2S/c1-18-6-7-22(21(16-18)23-29(13-15-32-23)24(30)26-2)31-14-12-27-8-10-28(11-9-27)20-5-3-4-19(25)17-20/h3-7,16-17,23H,8-15H2,1-2H3,(H,26,30). The fraction of sp³-hybridized carbons (Fsp3) is 0.458. The molecule has 2 amide bonds. The van der Waals surface area contributed by atoms with Crippen LogP contribution in [0.3, 0.4) is 0 Å². The van der Waals surface area contributed by atoms with E-state index >= 15 is 0 Å². The van der Waals surface area contributed by atoms with Crippen LogP contribution in [0.25, 0.3) is 0 Å². The number of urea groups is 1. The lowest BCUT2D eigenvalue weighted by Gasteiger charge is -2.36. The molecular weight excluding hydrogens is 427 g/mol. The van der Waals surface area contributed by atoms with E-state index in [1.165, 1.54) is 6.07 Å². The molecule has 2 heterocycles. The number of benzene rings is 2. The third kappa shape index (κ3) is 5.30. The molecular formula is C24H31FN4O2S. The lowest BCUT2D eigenvalue weighted by molar-refractivity contribution is 0.194. The Bertz CT molecular complexity index is 936. The number of ether oxygens (including phenoxy) is 1. The molecule has 32 heavy (non-hydrogen) atoms. The zero-order valence-electron chi connectivity index (χ0n) is 18.7. The molecule has 0 saturated carbocycles. The molecule has 0 bridgehead atoms. The molecule has 0 radical (unpaired) electrons. The number of piperazine rings is 1. The fourth-order valence-electron chi connectivity index (χ4n) is 4.26. The van der Waals surface area contributed by atoms with Crippen molar-refractivity contribution in [3.05, 3.63) is 59.4 Å². The van der Waals surface area contributed by atoms with Gasteiger partial charge in [-0.15, -0.1) is 11.8 Å². The molecule has 2 fully saturated rings. The van der Waals surface area contributed by atoms with E-state index in [9.17, 15) is 9.18 Å². The smallest absolute Gasteiger partial charge is 0.318 e. The van der Waals surface area contributed by atoms with Gasteiger partial charge in [-0.05, 0) is 37.3 Å². The predicted molar refractivity (Wildman–Crippen MR) is 128 cm³/mol. The van der Waals surface area contributed by atoms with Gasteiger partial charge in [-0.1, -0.05) is 17.7 Å². The summed E-state index contributed by atoms with van der Waals surface area (Å²) >= 11 is 1.77. The number of anilines is 1. The van der Waals surface area contributed by atoms with E-state index < -0.39 is 0 Å².